The van der Waals surface area contributed by atoms with Crippen LogP contribution in [0, 0.1) is 0 Å². The van der Waals surface area contributed by atoms with Gasteiger partial charge in [0.1, 0.15) is 0 Å². The lowest BCUT2D eigenvalue weighted by molar-refractivity contribution is -0.136. The van der Waals surface area contributed by atoms with E-state index >= 15 is 0 Å². The van der Waals surface area contributed by atoms with Gasteiger partial charge < -0.3 is 5.11 Å². The van der Waals surface area contributed by atoms with Crippen molar-refractivity contribution in [3.05, 3.63) is 72.6 Å². The molecule has 1 N–H and O–H groups in total. The number of carboxylic acid groups (broad SMARTS) is 1. The van der Waals surface area contributed by atoms with E-state index in [0.717, 1.165) is 32.1 Å². The van der Waals surface area contributed by atoms with Crippen molar-refractivity contribution in [1.29, 1.82) is 0 Å². The highest BCUT2D eigenvalue weighted by atomic mass is 16.4. The number of aromatic nitrogens is 1. The Bertz CT molecular complexity index is 722. The van der Waals surface area contributed by atoms with Crippen LogP contribution in [0.2, 0.25) is 0 Å². The highest BCUT2D eigenvalue weighted by Gasteiger charge is 2.11. The Morgan fingerprint density at radius 2 is 1.43 bits per heavy atom. The maximum atomic E-state index is 12.2. The van der Waals surface area contributed by atoms with Crippen LogP contribution in [-0.4, -0.2) is 21.6 Å². The van der Waals surface area contributed by atoms with E-state index in [1.165, 1.54) is 30.3 Å². The Labute approximate surface area is 181 Å². The second-order valence-corrected chi connectivity index (χ2v) is 7.31. The number of allylic oxidation sites excluding steroid dienone is 8. The lowest BCUT2D eigenvalue weighted by Crippen LogP contribution is -2.14. The number of carboxylic acids is 1. The van der Waals surface area contributed by atoms with Crippen molar-refractivity contribution in [2.24, 2.45) is 0 Å². The Hall–Kier alpha value is -2.62. The zero-order valence-corrected chi connectivity index (χ0v) is 18.3. The third-order valence-corrected chi connectivity index (χ3v) is 4.65. The minimum absolute atomic E-state index is 0.0489. The van der Waals surface area contributed by atoms with Crippen LogP contribution >= 0.6 is 0 Å². The molecule has 0 bridgehead atoms. The summed E-state index contributed by atoms with van der Waals surface area (Å²) in [6.45, 7) is 2.23. The highest BCUT2D eigenvalue weighted by Crippen LogP contribution is 2.08. The summed E-state index contributed by atoms with van der Waals surface area (Å²) in [5, 5.41) is 8.88. The summed E-state index contributed by atoms with van der Waals surface area (Å²) in [6, 6.07) is 3.39. The van der Waals surface area contributed by atoms with Crippen LogP contribution in [0.3, 0.4) is 0 Å². The standard InChI is InChI=1S/C26H37NO3/c1-2-3-4-5-6-7-8-9-10-11-12-13-14-15-16-17-18-21-25(28)27-22-19-20-24(27)23-26(29)30/h6-7,9-10,12-13,15-16,19-20,22H,2-5,8,11,14,17-18,21,23H2,1H3,(H,29,30)/b7-6+,10-9+,13-12+,16-15+. The average molecular weight is 412 g/mol. The van der Waals surface area contributed by atoms with E-state index < -0.39 is 5.97 Å². The van der Waals surface area contributed by atoms with Crippen molar-refractivity contribution in [2.45, 2.75) is 77.6 Å². The molecule has 30 heavy (non-hydrogen) atoms. The van der Waals surface area contributed by atoms with Crippen LogP contribution in [0.5, 0.6) is 0 Å². The van der Waals surface area contributed by atoms with Crippen LogP contribution in [0.25, 0.3) is 0 Å². The number of carbonyl (C=O) groups excluding carboxylic acids is 1. The molecule has 0 aliphatic heterocycles. The third-order valence-electron chi connectivity index (χ3n) is 4.65. The van der Waals surface area contributed by atoms with Gasteiger partial charge in [0.2, 0.25) is 5.91 Å². The van der Waals surface area contributed by atoms with E-state index in [0.29, 0.717) is 12.1 Å². The Morgan fingerprint density at radius 1 is 0.867 bits per heavy atom. The maximum absolute atomic E-state index is 12.2. The lowest BCUT2D eigenvalue weighted by atomic mass is 10.2. The van der Waals surface area contributed by atoms with E-state index in [9.17, 15) is 9.59 Å². The quantitative estimate of drug-likeness (QED) is 0.238. The lowest BCUT2D eigenvalue weighted by Gasteiger charge is -2.05. The molecule has 0 atom stereocenters. The molecule has 4 nitrogen and oxygen atoms in total. The normalized spacial score (nSPS) is 12.2. The smallest absolute Gasteiger partial charge is 0.309 e. The maximum Gasteiger partial charge on any atom is 0.309 e. The van der Waals surface area contributed by atoms with E-state index in [2.05, 4.69) is 55.5 Å². The van der Waals surface area contributed by atoms with E-state index in [1.54, 1.807) is 18.3 Å². The molecular formula is C26H37NO3. The molecule has 0 fully saturated rings. The van der Waals surface area contributed by atoms with Crippen molar-refractivity contribution < 1.29 is 14.7 Å². The first kappa shape index (κ1) is 25.4. The van der Waals surface area contributed by atoms with Gasteiger partial charge in [0, 0.05) is 18.3 Å². The van der Waals surface area contributed by atoms with Gasteiger partial charge >= 0.3 is 5.97 Å². The predicted octanol–water partition coefficient (Wildman–Crippen LogP) is 6.90. The summed E-state index contributed by atoms with van der Waals surface area (Å²) in [7, 11) is 0. The molecule has 4 heteroatoms. The van der Waals surface area contributed by atoms with Gasteiger partial charge in [-0.2, -0.15) is 0 Å². The highest BCUT2D eigenvalue weighted by molar-refractivity contribution is 5.81. The second kappa shape index (κ2) is 17.3. The molecule has 0 saturated carbocycles. The number of hydrogen-bond donors (Lipinski definition) is 1. The van der Waals surface area contributed by atoms with Crippen LogP contribution in [0.4, 0.5) is 0 Å². The third kappa shape index (κ3) is 12.8. The molecule has 0 radical (unpaired) electrons. The van der Waals surface area contributed by atoms with Gasteiger partial charge in [-0.1, -0.05) is 68.4 Å². The van der Waals surface area contributed by atoms with Gasteiger partial charge in [-0.05, 0) is 57.1 Å². The largest absolute Gasteiger partial charge is 0.481 e. The molecule has 0 saturated heterocycles. The Kier molecular flexibility index (Phi) is 14.6. The second-order valence-electron chi connectivity index (χ2n) is 7.31. The van der Waals surface area contributed by atoms with Crippen molar-refractivity contribution in [2.75, 3.05) is 0 Å². The van der Waals surface area contributed by atoms with Crippen LogP contribution in [-0.2, 0) is 11.2 Å². The fourth-order valence-corrected chi connectivity index (χ4v) is 3.01. The minimum atomic E-state index is -0.927. The average Bonchev–Trinajstić information content (AvgIpc) is 3.17. The molecule has 1 heterocycles. The minimum Gasteiger partial charge on any atom is -0.481 e. The summed E-state index contributed by atoms with van der Waals surface area (Å²) >= 11 is 0. The number of rotatable bonds is 16. The molecule has 0 amide bonds. The Balaban J connectivity index is 2.07. The molecule has 0 unspecified atom stereocenters. The van der Waals surface area contributed by atoms with Crippen molar-refractivity contribution >= 4 is 11.9 Å². The molecular weight excluding hydrogens is 374 g/mol. The number of aliphatic carboxylic acids is 1. The number of carbonyl (C=O) groups is 2. The van der Waals surface area contributed by atoms with Crippen LogP contribution < -0.4 is 0 Å². The van der Waals surface area contributed by atoms with Crippen LogP contribution in [0.1, 0.15) is 81.6 Å². The first-order chi connectivity index (χ1) is 14.6. The molecule has 0 aliphatic carbocycles. The van der Waals surface area contributed by atoms with Crippen molar-refractivity contribution in [3.8, 4) is 0 Å². The zero-order chi connectivity index (χ0) is 21.9. The topological polar surface area (TPSA) is 59.3 Å². The Morgan fingerprint density at radius 3 is 2.00 bits per heavy atom. The molecule has 1 aromatic rings. The van der Waals surface area contributed by atoms with Crippen molar-refractivity contribution in [1.82, 2.24) is 4.57 Å². The fourth-order valence-electron chi connectivity index (χ4n) is 3.01. The summed E-state index contributed by atoms with van der Waals surface area (Å²) < 4.78 is 1.45. The first-order valence-corrected chi connectivity index (χ1v) is 11.2. The van der Waals surface area contributed by atoms with Crippen molar-refractivity contribution in [3.63, 3.8) is 0 Å². The molecule has 1 rings (SSSR count). The van der Waals surface area contributed by atoms with E-state index in [-0.39, 0.29) is 12.3 Å². The summed E-state index contributed by atoms with van der Waals surface area (Å²) in [4.78, 5) is 23.0. The summed E-state index contributed by atoms with van der Waals surface area (Å²) in [5.41, 5.74) is 0.533. The monoisotopic (exact) mass is 411 g/mol. The van der Waals surface area contributed by atoms with Gasteiger partial charge in [0.05, 0.1) is 6.42 Å². The number of unbranched alkanes of at least 4 members (excludes halogenated alkanes) is 4. The van der Waals surface area contributed by atoms with Gasteiger partial charge in [0.15, 0.2) is 0 Å². The van der Waals surface area contributed by atoms with Gasteiger partial charge in [-0.3, -0.25) is 14.2 Å². The predicted molar refractivity (Wildman–Crippen MR) is 125 cm³/mol. The first-order valence-electron chi connectivity index (χ1n) is 11.2. The van der Waals surface area contributed by atoms with E-state index in [4.69, 9.17) is 5.11 Å². The molecule has 0 aliphatic rings. The molecule has 1 aromatic heterocycles. The SMILES string of the molecule is CCCCC/C=C/C/C=C/C/C=C/C/C=C/CCCC(=O)n1cccc1CC(=O)O. The summed E-state index contributed by atoms with van der Waals surface area (Å²) in [5.74, 6) is -0.976. The van der Waals surface area contributed by atoms with Crippen LogP contribution in [0.15, 0.2) is 66.9 Å². The molecule has 0 aromatic carbocycles. The number of hydrogen-bond acceptors (Lipinski definition) is 2. The van der Waals surface area contributed by atoms with Gasteiger partial charge in [-0.25, -0.2) is 0 Å². The summed E-state index contributed by atoms with van der Waals surface area (Å²) in [6.07, 6.45) is 29.0. The fraction of sp³-hybridized carbons (Fsp3) is 0.462. The van der Waals surface area contributed by atoms with Gasteiger partial charge in [0.25, 0.3) is 0 Å². The van der Waals surface area contributed by atoms with Gasteiger partial charge in [-0.15, -0.1) is 0 Å². The molecule has 0 spiro atoms. The zero-order valence-electron chi connectivity index (χ0n) is 18.3. The molecule has 164 valence electrons. The van der Waals surface area contributed by atoms with E-state index in [1.807, 2.05) is 0 Å². The number of nitrogens with zero attached hydrogens (tertiary/aromatic N) is 1.